The molecule has 0 unspecified atom stereocenters. The number of nitrogens with zero attached hydrogens (tertiary/aromatic N) is 3. The SMILES string of the molecule is CCCNCCc1cn(CCC)nn1. The summed E-state index contributed by atoms with van der Waals surface area (Å²) in [6.07, 6.45) is 5.31. The number of hydrogen-bond donors (Lipinski definition) is 1. The van der Waals surface area contributed by atoms with Crippen molar-refractivity contribution in [2.75, 3.05) is 13.1 Å². The number of aryl methyl sites for hydroxylation is 1. The maximum atomic E-state index is 4.11. The minimum absolute atomic E-state index is 0.968. The van der Waals surface area contributed by atoms with Crippen LogP contribution in [0.2, 0.25) is 0 Å². The van der Waals surface area contributed by atoms with Gasteiger partial charge in [0.05, 0.1) is 5.69 Å². The summed E-state index contributed by atoms with van der Waals surface area (Å²) in [6.45, 7) is 7.37. The van der Waals surface area contributed by atoms with Gasteiger partial charge in [-0.1, -0.05) is 19.1 Å². The van der Waals surface area contributed by atoms with Crippen LogP contribution in [-0.2, 0) is 13.0 Å². The first-order chi connectivity index (χ1) is 6.86. The smallest absolute Gasteiger partial charge is 0.0839 e. The van der Waals surface area contributed by atoms with Crippen molar-refractivity contribution in [2.45, 2.75) is 39.7 Å². The topological polar surface area (TPSA) is 42.7 Å². The molecule has 0 aromatic carbocycles. The maximum Gasteiger partial charge on any atom is 0.0839 e. The van der Waals surface area contributed by atoms with Gasteiger partial charge in [-0.2, -0.15) is 0 Å². The summed E-state index contributed by atoms with van der Waals surface area (Å²) in [5, 5.41) is 11.5. The van der Waals surface area contributed by atoms with Crippen molar-refractivity contribution in [1.29, 1.82) is 0 Å². The van der Waals surface area contributed by atoms with Crippen LogP contribution in [0, 0.1) is 0 Å². The molecule has 0 aliphatic rings. The molecule has 1 rings (SSSR count). The Morgan fingerprint density at radius 2 is 2.14 bits per heavy atom. The van der Waals surface area contributed by atoms with Crippen LogP contribution >= 0.6 is 0 Å². The lowest BCUT2D eigenvalue weighted by Gasteiger charge is -1.98. The fourth-order valence-electron chi connectivity index (χ4n) is 1.31. The largest absolute Gasteiger partial charge is 0.316 e. The van der Waals surface area contributed by atoms with Crippen LogP contribution in [0.5, 0.6) is 0 Å². The highest BCUT2D eigenvalue weighted by molar-refractivity contribution is 4.92. The molecule has 0 bridgehead atoms. The van der Waals surface area contributed by atoms with Crippen molar-refractivity contribution in [3.63, 3.8) is 0 Å². The Morgan fingerprint density at radius 1 is 1.29 bits per heavy atom. The number of rotatable bonds is 7. The standard InChI is InChI=1S/C10H20N4/c1-3-6-11-7-5-10-9-14(8-4-2)13-12-10/h9,11H,3-8H2,1-2H3. The molecule has 0 amide bonds. The van der Waals surface area contributed by atoms with Crippen molar-refractivity contribution >= 4 is 0 Å². The monoisotopic (exact) mass is 196 g/mol. The van der Waals surface area contributed by atoms with Crippen molar-refractivity contribution < 1.29 is 0 Å². The van der Waals surface area contributed by atoms with Gasteiger partial charge >= 0.3 is 0 Å². The van der Waals surface area contributed by atoms with Crippen LogP contribution < -0.4 is 5.32 Å². The second kappa shape index (κ2) is 6.54. The molecule has 1 N–H and O–H groups in total. The molecule has 80 valence electrons. The molecule has 0 atom stereocenters. The van der Waals surface area contributed by atoms with Gasteiger partial charge in [0.2, 0.25) is 0 Å². The molecule has 0 saturated heterocycles. The normalized spacial score (nSPS) is 10.7. The summed E-state index contributed by atoms with van der Waals surface area (Å²) in [6, 6.07) is 0. The molecule has 4 nitrogen and oxygen atoms in total. The van der Waals surface area contributed by atoms with Crippen LogP contribution in [0.4, 0.5) is 0 Å². The van der Waals surface area contributed by atoms with Crippen LogP contribution in [0.15, 0.2) is 6.20 Å². The van der Waals surface area contributed by atoms with E-state index in [0.717, 1.165) is 38.2 Å². The number of nitrogens with one attached hydrogen (secondary N) is 1. The van der Waals surface area contributed by atoms with Gasteiger partial charge in [-0.05, 0) is 19.4 Å². The Morgan fingerprint density at radius 3 is 2.86 bits per heavy atom. The fourth-order valence-corrected chi connectivity index (χ4v) is 1.31. The average Bonchev–Trinajstić information content (AvgIpc) is 2.61. The molecule has 0 spiro atoms. The fraction of sp³-hybridized carbons (Fsp3) is 0.800. The van der Waals surface area contributed by atoms with Crippen LogP contribution in [0.3, 0.4) is 0 Å². The zero-order valence-electron chi connectivity index (χ0n) is 9.16. The molecule has 0 saturated carbocycles. The first-order valence-corrected chi connectivity index (χ1v) is 5.46. The van der Waals surface area contributed by atoms with Gasteiger partial charge in [-0.3, -0.25) is 4.68 Å². The molecular weight excluding hydrogens is 176 g/mol. The van der Waals surface area contributed by atoms with E-state index in [-0.39, 0.29) is 0 Å². The van der Waals surface area contributed by atoms with E-state index in [4.69, 9.17) is 0 Å². The molecule has 0 aliphatic heterocycles. The van der Waals surface area contributed by atoms with Gasteiger partial charge in [0.15, 0.2) is 0 Å². The second-order valence-electron chi connectivity index (χ2n) is 3.47. The predicted molar refractivity (Wildman–Crippen MR) is 57.2 cm³/mol. The highest BCUT2D eigenvalue weighted by Gasteiger charge is 1.98. The molecule has 0 aliphatic carbocycles. The van der Waals surface area contributed by atoms with Crippen molar-refractivity contribution in [2.24, 2.45) is 0 Å². The van der Waals surface area contributed by atoms with Gasteiger partial charge in [0.1, 0.15) is 0 Å². The minimum atomic E-state index is 0.968. The van der Waals surface area contributed by atoms with Gasteiger partial charge in [-0.25, -0.2) is 0 Å². The first-order valence-electron chi connectivity index (χ1n) is 5.46. The summed E-state index contributed by atoms with van der Waals surface area (Å²) in [7, 11) is 0. The summed E-state index contributed by atoms with van der Waals surface area (Å²) in [5.74, 6) is 0. The molecular formula is C10H20N4. The van der Waals surface area contributed by atoms with Crippen molar-refractivity contribution in [3.8, 4) is 0 Å². The van der Waals surface area contributed by atoms with Crippen molar-refractivity contribution in [3.05, 3.63) is 11.9 Å². The molecule has 14 heavy (non-hydrogen) atoms. The third-order valence-electron chi connectivity index (χ3n) is 2.02. The lowest BCUT2D eigenvalue weighted by molar-refractivity contribution is 0.578. The van der Waals surface area contributed by atoms with E-state index < -0.39 is 0 Å². The zero-order valence-corrected chi connectivity index (χ0v) is 9.16. The highest BCUT2D eigenvalue weighted by atomic mass is 15.4. The summed E-state index contributed by atoms with van der Waals surface area (Å²) < 4.78 is 1.91. The number of hydrogen-bond acceptors (Lipinski definition) is 3. The minimum Gasteiger partial charge on any atom is -0.316 e. The van der Waals surface area contributed by atoms with E-state index in [1.807, 2.05) is 10.9 Å². The summed E-state index contributed by atoms with van der Waals surface area (Å²) in [5.41, 5.74) is 1.09. The predicted octanol–water partition coefficient (Wildman–Crippen LogP) is 1.23. The quantitative estimate of drug-likeness (QED) is 0.667. The molecule has 1 aromatic heterocycles. The molecule has 4 heteroatoms. The zero-order chi connectivity index (χ0) is 10.2. The van der Waals surface area contributed by atoms with E-state index in [1.54, 1.807) is 0 Å². The van der Waals surface area contributed by atoms with Crippen LogP contribution in [-0.4, -0.2) is 28.1 Å². The third kappa shape index (κ3) is 3.87. The first kappa shape index (κ1) is 11.2. The maximum absolute atomic E-state index is 4.11. The Balaban J connectivity index is 2.22. The van der Waals surface area contributed by atoms with Gasteiger partial charge < -0.3 is 5.32 Å². The van der Waals surface area contributed by atoms with Crippen LogP contribution in [0.1, 0.15) is 32.4 Å². The lowest BCUT2D eigenvalue weighted by atomic mass is 10.3. The second-order valence-corrected chi connectivity index (χ2v) is 3.47. The Hall–Kier alpha value is -0.900. The van der Waals surface area contributed by atoms with E-state index in [0.29, 0.717) is 0 Å². The summed E-state index contributed by atoms with van der Waals surface area (Å²) in [4.78, 5) is 0. The average molecular weight is 196 g/mol. The molecule has 1 aromatic rings. The summed E-state index contributed by atoms with van der Waals surface area (Å²) >= 11 is 0. The van der Waals surface area contributed by atoms with Gasteiger partial charge in [-0.15, -0.1) is 5.10 Å². The van der Waals surface area contributed by atoms with E-state index in [1.165, 1.54) is 6.42 Å². The van der Waals surface area contributed by atoms with E-state index >= 15 is 0 Å². The van der Waals surface area contributed by atoms with Crippen LogP contribution in [0.25, 0.3) is 0 Å². The van der Waals surface area contributed by atoms with E-state index in [2.05, 4.69) is 29.5 Å². The Labute approximate surface area is 85.7 Å². The lowest BCUT2D eigenvalue weighted by Crippen LogP contribution is -2.17. The van der Waals surface area contributed by atoms with E-state index in [9.17, 15) is 0 Å². The van der Waals surface area contributed by atoms with Crippen molar-refractivity contribution in [1.82, 2.24) is 20.3 Å². The molecule has 1 heterocycles. The number of aromatic nitrogens is 3. The molecule has 0 fully saturated rings. The Bertz CT molecular complexity index is 244. The third-order valence-corrected chi connectivity index (χ3v) is 2.02. The molecule has 0 radical (unpaired) electrons. The van der Waals surface area contributed by atoms with Gasteiger partial charge in [0, 0.05) is 25.7 Å². The Kier molecular flexibility index (Phi) is 5.22. The van der Waals surface area contributed by atoms with Gasteiger partial charge in [0.25, 0.3) is 0 Å². The highest BCUT2D eigenvalue weighted by Crippen LogP contribution is 1.94.